The Labute approximate surface area is 115 Å². The standard InChI is InChI=1S/C13H15FN2O2S/c1-17-4-5-18-12-3-2-9(6-10(12)7-14)11-8-19-13(15)16-11/h2-3,6,8H,4-5,7H2,1H3,(H2,15,16). The molecule has 0 atom stereocenters. The van der Waals surface area contributed by atoms with E-state index in [1.165, 1.54) is 11.3 Å². The van der Waals surface area contributed by atoms with Crippen LogP contribution in [-0.2, 0) is 11.4 Å². The van der Waals surface area contributed by atoms with Crippen LogP contribution in [0.4, 0.5) is 9.52 Å². The summed E-state index contributed by atoms with van der Waals surface area (Å²) in [4.78, 5) is 4.17. The molecule has 0 fully saturated rings. The highest BCUT2D eigenvalue weighted by Crippen LogP contribution is 2.28. The van der Waals surface area contributed by atoms with Gasteiger partial charge in [-0.1, -0.05) is 0 Å². The van der Waals surface area contributed by atoms with Gasteiger partial charge in [-0.15, -0.1) is 11.3 Å². The molecule has 0 amide bonds. The zero-order valence-corrected chi connectivity index (χ0v) is 11.4. The van der Waals surface area contributed by atoms with Crippen LogP contribution < -0.4 is 10.5 Å². The molecule has 0 unspecified atom stereocenters. The predicted molar refractivity (Wildman–Crippen MR) is 74.1 cm³/mol. The van der Waals surface area contributed by atoms with Gasteiger partial charge in [-0.25, -0.2) is 9.37 Å². The van der Waals surface area contributed by atoms with E-state index in [0.29, 0.717) is 29.7 Å². The van der Waals surface area contributed by atoms with Crippen molar-refractivity contribution >= 4 is 16.5 Å². The Hall–Kier alpha value is -1.66. The molecule has 1 aromatic heterocycles. The number of alkyl halides is 1. The first-order valence-electron chi connectivity index (χ1n) is 5.76. The smallest absolute Gasteiger partial charge is 0.180 e. The number of nitrogens with zero attached hydrogens (tertiary/aromatic N) is 1. The first-order valence-corrected chi connectivity index (χ1v) is 6.64. The van der Waals surface area contributed by atoms with Crippen molar-refractivity contribution in [2.45, 2.75) is 6.67 Å². The topological polar surface area (TPSA) is 57.4 Å². The van der Waals surface area contributed by atoms with Crippen LogP contribution in [0.3, 0.4) is 0 Å². The number of halogens is 1. The second-order valence-corrected chi connectivity index (χ2v) is 4.76. The van der Waals surface area contributed by atoms with Gasteiger partial charge in [-0.2, -0.15) is 0 Å². The lowest BCUT2D eigenvalue weighted by Gasteiger charge is -2.10. The summed E-state index contributed by atoms with van der Waals surface area (Å²) < 4.78 is 23.4. The lowest BCUT2D eigenvalue weighted by atomic mass is 10.1. The largest absolute Gasteiger partial charge is 0.491 e. The third-order valence-corrected chi connectivity index (χ3v) is 3.24. The molecule has 1 heterocycles. The number of anilines is 1. The molecular formula is C13H15FN2O2S. The fourth-order valence-corrected chi connectivity index (χ4v) is 2.21. The van der Waals surface area contributed by atoms with Crippen molar-refractivity contribution in [1.29, 1.82) is 0 Å². The first kappa shape index (κ1) is 13.8. The summed E-state index contributed by atoms with van der Waals surface area (Å²) in [7, 11) is 1.59. The molecule has 2 rings (SSSR count). The molecule has 0 aliphatic rings. The van der Waals surface area contributed by atoms with Crippen molar-refractivity contribution in [2.24, 2.45) is 0 Å². The molecule has 0 saturated carbocycles. The lowest BCUT2D eigenvalue weighted by Crippen LogP contribution is -2.05. The van der Waals surface area contributed by atoms with Crippen molar-refractivity contribution in [3.05, 3.63) is 29.1 Å². The maximum atomic E-state index is 13.0. The SMILES string of the molecule is COCCOc1ccc(-c2csc(N)n2)cc1CF. The van der Waals surface area contributed by atoms with E-state index in [1.54, 1.807) is 19.2 Å². The number of benzene rings is 1. The molecule has 6 heteroatoms. The number of ether oxygens (including phenoxy) is 2. The van der Waals surface area contributed by atoms with Crippen LogP contribution in [0, 0.1) is 0 Å². The van der Waals surface area contributed by atoms with E-state index in [1.807, 2.05) is 11.4 Å². The fraction of sp³-hybridized carbons (Fsp3) is 0.308. The molecule has 0 spiro atoms. The predicted octanol–water partition coefficient (Wildman–Crippen LogP) is 2.89. The molecule has 1 aromatic carbocycles. The van der Waals surface area contributed by atoms with E-state index < -0.39 is 6.67 Å². The van der Waals surface area contributed by atoms with Gasteiger partial charge in [-0.3, -0.25) is 0 Å². The van der Waals surface area contributed by atoms with E-state index in [9.17, 15) is 4.39 Å². The fourth-order valence-electron chi connectivity index (χ4n) is 1.64. The molecule has 2 aromatic rings. The Kier molecular flexibility index (Phi) is 4.70. The molecule has 0 aliphatic carbocycles. The van der Waals surface area contributed by atoms with Gasteiger partial charge in [0.1, 0.15) is 19.0 Å². The summed E-state index contributed by atoms with van der Waals surface area (Å²) in [6.45, 7) is 0.276. The average Bonchev–Trinajstić information content (AvgIpc) is 2.86. The number of hydrogen-bond acceptors (Lipinski definition) is 5. The molecular weight excluding hydrogens is 267 g/mol. The zero-order valence-electron chi connectivity index (χ0n) is 10.6. The van der Waals surface area contributed by atoms with Crippen molar-refractivity contribution in [1.82, 2.24) is 4.98 Å². The minimum absolute atomic E-state index is 0.395. The molecule has 0 bridgehead atoms. The molecule has 0 aliphatic heterocycles. The van der Waals surface area contributed by atoms with Crippen LogP contribution in [0.5, 0.6) is 5.75 Å². The number of aromatic nitrogens is 1. The summed E-state index contributed by atoms with van der Waals surface area (Å²) in [6.07, 6.45) is 0. The Bertz CT molecular complexity index is 545. The summed E-state index contributed by atoms with van der Waals surface area (Å²) in [5, 5.41) is 2.34. The van der Waals surface area contributed by atoms with Crippen molar-refractivity contribution in [2.75, 3.05) is 26.1 Å². The van der Waals surface area contributed by atoms with E-state index >= 15 is 0 Å². The summed E-state index contributed by atoms with van der Waals surface area (Å²) >= 11 is 1.36. The Morgan fingerprint density at radius 2 is 2.21 bits per heavy atom. The molecule has 19 heavy (non-hydrogen) atoms. The minimum Gasteiger partial charge on any atom is -0.491 e. The third kappa shape index (κ3) is 3.42. The Balaban J connectivity index is 2.20. The zero-order chi connectivity index (χ0) is 13.7. The highest BCUT2D eigenvalue weighted by molar-refractivity contribution is 7.13. The summed E-state index contributed by atoms with van der Waals surface area (Å²) in [5.74, 6) is 0.534. The minimum atomic E-state index is -0.588. The lowest BCUT2D eigenvalue weighted by molar-refractivity contribution is 0.145. The van der Waals surface area contributed by atoms with E-state index in [0.717, 1.165) is 11.3 Å². The van der Waals surface area contributed by atoms with Crippen molar-refractivity contribution in [3.8, 4) is 17.0 Å². The molecule has 102 valence electrons. The van der Waals surface area contributed by atoms with Crippen LogP contribution in [0.25, 0.3) is 11.3 Å². The second kappa shape index (κ2) is 6.49. The van der Waals surface area contributed by atoms with Gasteiger partial charge >= 0.3 is 0 Å². The number of methoxy groups -OCH3 is 1. The van der Waals surface area contributed by atoms with E-state index in [-0.39, 0.29) is 0 Å². The van der Waals surface area contributed by atoms with Crippen LogP contribution in [0.2, 0.25) is 0 Å². The van der Waals surface area contributed by atoms with Crippen LogP contribution >= 0.6 is 11.3 Å². The van der Waals surface area contributed by atoms with Gasteiger partial charge in [-0.05, 0) is 18.2 Å². The number of thiazole rings is 1. The number of nitrogen functional groups attached to an aromatic ring is 1. The maximum absolute atomic E-state index is 13.0. The van der Waals surface area contributed by atoms with E-state index in [4.69, 9.17) is 15.2 Å². The third-order valence-electron chi connectivity index (χ3n) is 2.57. The molecule has 0 radical (unpaired) electrons. The Morgan fingerprint density at radius 3 is 2.84 bits per heavy atom. The monoisotopic (exact) mass is 282 g/mol. The molecule has 4 nitrogen and oxygen atoms in total. The summed E-state index contributed by atoms with van der Waals surface area (Å²) in [6, 6.07) is 5.32. The van der Waals surface area contributed by atoms with Gasteiger partial charge in [0.2, 0.25) is 0 Å². The van der Waals surface area contributed by atoms with Crippen molar-refractivity contribution < 1.29 is 13.9 Å². The maximum Gasteiger partial charge on any atom is 0.180 e. The van der Waals surface area contributed by atoms with Crippen molar-refractivity contribution in [3.63, 3.8) is 0 Å². The van der Waals surface area contributed by atoms with Gasteiger partial charge in [0.25, 0.3) is 0 Å². The van der Waals surface area contributed by atoms with Gasteiger partial charge in [0.15, 0.2) is 5.13 Å². The summed E-state index contributed by atoms with van der Waals surface area (Å²) in [5.41, 5.74) is 7.68. The van der Waals surface area contributed by atoms with Gasteiger partial charge < -0.3 is 15.2 Å². The quantitative estimate of drug-likeness (QED) is 0.828. The van der Waals surface area contributed by atoms with Crippen LogP contribution in [0.15, 0.2) is 23.6 Å². The van der Waals surface area contributed by atoms with Crippen LogP contribution in [-0.4, -0.2) is 25.3 Å². The number of hydrogen-bond donors (Lipinski definition) is 1. The molecule has 0 saturated heterocycles. The average molecular weight is 282 g/mol. The van der Waals surface area contributed by atoms with E-state index in [2.05, 4.69) is 4.98 Å². The van der Waals surface area contributed by atoms with Gasteiger partial charge in [0.05, 0.1) is 12.3 Å². The number of rotatable bonds is 6. The second-order valence-electron chi connectivity index (χ2n) is 3.87. The van der Waals surface area contributed by atoms with Crippen LogP contribution in [0.1, 0.15) is 5.56 Å². The first-order chi connectivity index (χ1) is 9.24. The highest BCUT2D eigenvalue weighted by Gasteiger charge is 2.08. The number of nitrogens with two attached hydrogens (primary N) is 1. The highest BCUT2D eigenvalue weighted by atomic mass is 32.1. The Morgan fingerprint density at radius 1 is 1.37 bits per heavy atom. The normalized spacial score (nSPS) is 10.6. The van der Waals surface area contributed by atoms with Gasteiger partial charge in [0, 0.05) is 23.6 Å². The molecule has 2 N–H and O–H groups in total.